The summed E-state index contributed by atoms with van der Waals surface area (Å²) in [7, 11) is 0. The van der Waals surface area contributed by atoms with Crippen LogP contribution in [0.1, 0.15) is 26.7 Å². The molecule has 12 heavy (non-hydrogen) atoms. The Morgan fingerprint density at radius 1 is 1.67 bits per heavy atom. The first kappa shape index (κ1) is 7.65. The lowest BCUT2D eigenvalue weighted by molar-refractivity contribution is 0.730. The van der Waals surface area contributed by atoms with E-state index in [0.717, 1.165) is 12.5 Å². The zero-order chi connectivity index (χ0) is 8.60. The number of nitrogens with zero attached hydrogens (tertiary/aromatic N) is 2. The van der Waals surface area contributed by atoms with Gasteiger partial charge in [0, 0.05) is 24.5 Å². The molecule has 1 fully saturated rings. The van der Waals surface area contributed by atoms with Gasteiger partial charge in [-0.2, -0.15) is 0 Å². The van der Waals surface area contributed by atoms with Crippen molar-refractivity contribution >= 4 is 5.95 Å². The Kier molecular flexibility index (Phi) is 1.60. The highest BCUT2D eigenvalue weighted by molar-refractivity contribution is 5.33. The Morgan fingerprint density at radius 3 is 3.00 bits per heavy atom. The van der Waals surface area contributed by atoms with Gasteiger partial charge < -0.3 is 9.88 Å². The summed E-state index contributed by atoms with van der Waals surface area (Å²) >= 11 is 0. The van der Waals surface area contributed by atoms with Gasteiger partial charge in [0.1, 0.15) is 0 Å². The zero-order valence-corrected chi connectivity index (χ0v) is 7.67. The molecule has 1 saturated carbocycles. The average molecular weight is 165 g/mol. The first-order valence-electron chi connectivity index (χ1n) is 4.53. The van der Waals surface area contributed by atoms with Gasteiger partial charge >= 0.3 is 0 Å². The summed E-state index contributed by atoms with van der Waals surface area (Å²) in [5.74, 6) is 1.01. The summed E-state index contributed by atoms with van der Waals surface area (Å²) < 4.78 is 2.13. The minimum Gasteiger partial charge on any atom is -0.351 e. The van der Waals surface area contributed by atoms with Crippen LogP contribution in [0.2, 0.25) is 0 Å². The summed E-state index contributed by atoms with van der Waals surface area (Å²) in [5, 5.41) is 3.44. The van der Waals surface area contributed by atoms with E-state index in [9.17, 15) is 0 Å². The first-order chi connectivity index (χ1) is 5.73. The second-order valence-corrected chi connectivity index (χ2v) is 3.72. The van der Waals surface area contributed by atoms with Crippen molar-refractivity contribution in [1.82, 2.24) is 9.55 Å². The van der Waals surface area contributed by atoms with E-state index in [4.69, 9.17) is 0 Å². The van der Waals surface area contributed by atoms with Crippen LogP contribution < -0.4 is 5.32 Å². The van der Waals surface area contributed by atoms with Crippen LogP contribution in [0.5, 0.6) is 0 Å². The lowest BCUT2D eigenvalue weighted by Crippen LogP contribution is -2.19. The van der Waals surface area contributed by atoms with E-state index in [2.05, 4.69) is 28.7 Å². The van der Waals surface area contributed by atoms with E-state index in [1.807, 2.05) is 12.4 Å². The average Bonchev–Trinajstić information content (AvgIpc) is 2.64. The van der Waals surface area contributed by atoms with Crippen LogP contribution in [0.25, 0.3) is 0 Å². The highest BCUT2D eigenvalue weighted by Gasteiger charge is 2.37. The molecular weight excluding hydrogens is 150 g/mol. The molecule has 1 aliphatic carbocycles. The predicted octanol–water partition coefficient (Wildman–Crippen LogP) is 1.87. The number of imidazole rings is 1. The van der Waals surface area contributed by atoms with Gasteiger partial charge in [-0.1, -0.05) is 0 Å². The lowest BCUT2D eigenvalue weighted by atomic mass is 10.3. The van der Waals surface area contributed by atoms with E-state index >= 15 is 0 Å². The molecule has 1 N–H and O–H groups in total. The van der Waals surface area contributed by atoms with E-state index < -0.39 is 0 Å². The van der Waals surface area contributed by atoms with Crippen molar-refractivity contribution in [2.24, 2.45) is 0 Å². The van der Waals surface area contributed by atoms with Crippen molar-refractivity contribution in [2.75, 3.05) is 5.32 Å². The minimum absolute atomic E-state index is 0.332. The van der Waals surface area contributed by atoms with Crippen molar-refractivity contribution < 1.29 is 0 Å². The smallest absolute Gasteiger partial charge is 0.203 e. The molecule has 2 rings (SSSR count). The van der Waals surface area contributed by atoms with E-state index in [-0.39, 0.29) is 0 Å². The molecule has 0 aromatic carbocycles. The van der Waals surface area contributed by atoms with Gasteiger partial charge in [0.2, 0.25) is 5.95 Å². The Bertz CT molecular complexity index is 273. The molecule has 3 nitrogen and oxygen atoms in total. The van der Waals surface area contributed by atoms with Crippen LogP contribution in [-0.4, -0.2) is 15.1 Å². The van der Waals surface area contributed by atoms with Gasteiger partial charge in [0.05, 0.1) is 0 Å². The molecule has 0 atom stereocenters. The van der Waals surface area contributed by atoms with Crippen LogP contribution in [0.15, 0.2) is 12.4 Å². The molecule has 1 aromatic rings. The second kappa shape index (κ2) is 2.51. The molecule has 1 aromatic heterocycles. The van der Waals surface area contributed by atoms with E-state index in [1.165, 1.54) is 12.8 Å². The summed E-state index contributed by atoms with van der Waals surface area (Å²) in [5.41, 5.74) is 0.332. The number of hydrogen-bond acceptors (Lipinski definition) is 2. The molecule has 0 unspecified atom stereocenters. The van der Waals surface area contributed by atoms with Crippen LogP contribution in [0, 0.1) is 0 Å². The molecule has 1 heterocycles. The highest BCUT2D eigenvalue weighted by Crippen LogP contribution is 2.37. The molecule has 0 aliphatic heterocycles. The monoisotopic (exact) mass is 165 g/mol. The Balaban J connectivity index is 2.11. The third-order valence-electron chi connectivity index (χ3n) is 2.47. The SMILES string of the molecule is CCn1ccnc1NC1(C)CC1. The largest absolute Gasteiger partial charge is 0.351 e. The van der Waals surface area contributed by atoms with Crippen LogP contribution in [-0.2, 0) is 6.54 Å². The predicted molar refractivity (Wildman–Crippen MR) is 49.2 cm³/mol. The van der Waals surface area contributed by atoms with E-state index in [1.54, 1.807) is 0 Å². The summed E-state index contributed by atoms with van der Waals surface area (Å²) in [6.45, 7) is 5.35. The van der Waals surface area contributed by atoms with Gasteiger partial charge in [-0.05, 0) is 26.7 Å². The number of aryl methyl sites for hydroxylation is 1. The summed E-state index contributed by atoms with van der Waals surface area (Å²) in [6, 6.07) is 0. The van der Waals surface area contributed by atoms with Crippen molar-refractivity contribution in [3.63, 3.8) is 0 Å². The molecule has 1 aliphatic rings. The summed E-state index contributed by atoms with van der Waals surface area (Å²) in [4.78, 5) is 4.26. The molecule has 0 bridgehead atoms. The van der Waals surface area contributed by atoms with Crippen molar-refractivity contribution in [2.45, 2.75) is 38.8 Å². The highest BCUT2D eigenvalue weighted by atomic mass is 15.2. The lowest BCUT2D eigenvalue weighted by Gasteiger charge is -2.12. The molecule has 0 amide bonds. The maximum absolute atomic E-state index is 4.26. The fourth-order valence-corrected chi connectivity index (χ4v) is 1.27. The zero-order valence-electron chi connectivity index (χ0n) is 7.67. The van der Waals surface area contributed by atoms with Gasteiger partial charge in [-0.15, -0.1) is 0 Å². The van der Waals surface area contributed by atoms with Crippen LogP contribution in [0.3, 0.4) is 0 Å². The Hall–Kier alpha value is -0.990. The fraction of sp³-hybridized carbons (Fsp3) is 0.667. The first-order valence-corrected chi connectivity index (χ1v) is 4.53. The van der Waals surface area contributed by atoms with Crippen LogP contribution >= 0.6 is 0 Å². The van der Waals surface area contributed by atoms with Gasteiger partial charge in [0.15, 0.2) is 0 Å². The quantitative estimate of drug-likeness (QED) is 0.741. The molecule has 66 valence electrons. The van der Waals surface area contributed by atoms with E-state index in [0.29, 0.717) is 5.54 Å². The molecule has 0 saturated heterocycles. The Labute approximate surface area is 72.8 Å². The summed E-state index contributed by atoms with van der Waals surface area (Å²) in [6.07, 6.45) is 6.39. The maximum Gasteiger partial charge on any atom is 0.203 e. The molecular formula is C9H15N3. The van der Waals surface area contributed by atoms with Gasteiger partial charge in [-0.3, -0.25) is 0 Å². The number of rotatable bonds is 3. The normalized spacial score (nSPS) is 19.2. The van der Waals surface area contributed by atoms with Crippen molar-refractivity contribution in [3.05, 3.63) is 12.4 Å². The number of aromatic nitrogens is 2. The second-order valence-electron chi connectivity index (χ2n) is 3.72. The third-order valence-corrected chi connectivity index (χ3v) is 2.47. The maximum atomic E-state index is 4.26. The van der Waals surface area contributed by atoms with Crippen molar-refractivity contribution in [3.8, 4) is 0 Å². The Morgan fingerprint density at radius 2 is 2.42 bits per heavy atom. The number of hydrogen-bond donors (Lipinski definition) is 1. The number of nitrogens with one attached hydrogen (secondary N) is 1. The van der Waals surface area contributed by atoms with Crippen LogP contribution in [0.4, 0.5) is 5.95 Å². The topological polar surface area (TPSA) is 29.9 Å². The molecule has 3 heteroatoms. The standard InChI is InChI=1S/C9H15N3/c1-3-12-7-6-10-8(12)11-9(2)4-5-9/h6-7H,3-5H2,1-2H3,(H,10,11). The number of anilines is 1. The molecule has 0 radical (unpaired) electrons. The van der Waals surface area contributed by atoms with Gasteiger partial charge in [-0.25, -0.2) is 4.98 Å². The minimum atomic E-state index is 0.332. The van der Waals surface area contributed by atoms with Crippen molar-refractivity contribution in [1.29, 1.82) is 0 Å². The fourth-order valence-electron chi connectivity index (χ4n) is 1.27. The molecule has 0 spiro atoms. The third kappa shape index (κ3) is 1.31. The van der Waals surface area contributed by atoms with Gasteiger partial charge in [0.25, 0.3) is 0 Å².